The largest absolute Gasteiger partial charge is 0.361 e. The van der Waals surface area contributed by atoms with Crippen molar-refractivity contribution in [3.05, 3.63) is 71.4 Å². The Bertz CT molecular complexity index is 1020. The van der Waals surface area contributed by atoms with Crippen molar-refractivity contribution in [2.24, 2.45) is 5.92 Å². The number of aromatic amines is 1. The summed E-state index contributed by atoms with van der Waals surface area (Å²) in [6.07, 6.45) is 10.8. The Morgan fingerprint density at radius 2 is 1.62 bits per heavy atom. The molecule has 0 atom stereocenters. The topological polar surface area (TPSA) is 48.1 Å². The van der Waals surface area contributed by atoms with Gasteiger partial charge in [-0.25, -0.2) is 0 Å². The molecule has 1 amide bonds. The predicted octanol–water partition coefficient (Wildman–Crippen LogP) is 4.88. The van der Waals surface area contributed by atoms with Crippen LogP contribution in [0.1, 0.15) is 48.8 Å². The summed E-state index contributed by atoms with van der Waals surface area (Å²) in [5, 5.41) is 4.46. The summed E-state index contributed by atoms with van der Waals surface area (Å²) in [7, 11) is 0. The van der Waals surface area contributed by atoms with Gasteiger partial charge < -0.3 is 15.2 Å². The molecule has 1 aliphatic carbocycles. The first-order chi connectivity index (χ1) is 15.7. The van der Waals surface area contributed by atoms with E-state index in [1.54, 1.807) is 11.1 Å². The van der Waals surface area contributed by atoms with Gasteiger partial charge in [0.1, 0.15) is 0 Å². The lowest BCUT2D eigenvalue weighted by Gasteiger charge is -2.30. The van der Waals surface area contributed by atoms with Gasteiger partial charge in [0, 0.05) is 36.2 Å². The fraction of sp³-hybridized carbons (Fsp3) is 0.464. The third-order valence-corrected chi connectivity index (χ3v) is 7.60. The zero-order chi connectivity index (χ0) is 21.8. The maximum Gasteiger partial charge on any atom is 0.224 e. The molecule has 1 aliphatic heterocycles. The minimum absolute atomic E-state index is 0.155. The van der Waals surface area contributed by atoms with E-state index in [9.17, 15) is 4.79 Å². The summed E-state index contributed by atoms with van der Waals surface area (Å²) in [4.78, 5) is 18.6. The molecule has 0 bridgehead atoms. The minimum atomic E-state index is 0.155. The van der Waals surface area contributed by atoms with Crippen LogP contribution < -0.4 is 5.32 Å². The van der Waals surface area contributed by atoms with E-state index < -0.39 is 0 Å². The molecule has 0 saturated heterocycles. The Morgan fingerprint density at radius 3 is 2.38 bits per heavy atom. The van der Waals surface area contributed by atoms with E-state index in [2.05, 4.69) is 51.6 Å². The highest BCUT2D eigenvalue weighted by Crippen LogP contribution is 2.28. The lowest BCUT2D eigenvalue weighted by Crippen LogP contribution is -2.39. The van der Waals surface area contributed by atoms with Gasteiger partial charge in [0.25, 0.3) is 0 Å². The van der Waals surface area contributed by atoms with Crippen molar-refractivity contribution in [1.29, 1.82) is 0 Å². The van der Waals surface area contributed by atoms with Crippen molar-refractivity contribution in [3.8, 4) is 0 Å². The van der Waals surface area contributed by atoms with Gasteiger partial charge in [-0.15, -0.1) is 0 Å². The number of carbonyl (C=O) groups is 1. The predicted molar refractivity (Wildman–Crippen MR) is 131 cm³/mol. The molecule has 0 radical (unpaired) electrons. The summed E-state index contributed by atoms with van der Waals surface area (Å²) >= 11 is 0. The first-order valence-corrected chi connectivity index (χ1v) is 12.4. The van der Waals surface area contributed by atoms with Crippen LogP contribution in [0.3, 0.4) is 0 Å². The highest BCUT2D eigenvalue weighted by atomic mass is 16.1. The van der Waals surface area contributed by atoms with Crippen LogP contribution in [0.25, 0.3) is 10.9 Å². The molecule has 2 heterocycles. The first kappa shape index (κ1) is 21.3. The fourth-order valence-electron chi connectivity index (χ4n) is 5.63. The van der Waals surface area contributed by atoms with E-state index in [0.29, 0.717) is 12.5 Å². The van der Waals surface area contributed by atoms with Crippen LogP contribution >= 0.6 is 0 Å². The number of nitrogens with zero attached hydrogens (tertiary/aromatic N) is 1. The standard InChI is InChI=1S/C28H35N3O/c32-28(19-24-20-29-27-8-4-3-7-26(24)27)30-25-11-9-21(10-12-25)13-16-31-17-14-22-5-1-2-6-23(22)15-18-31/h1-8,20-21,25,29H,9-19H2,(H,30,32). The maximum atomic E-state index is 12.6. The molecular weight excluding hydrogens is 394 g/mol. The minimum Gasteiger partial charge on any atom is -0.361 e. The summed E-state index contributed by atoms with van der Waals surface area (Å²) in [5.74, 6) is 0.963. The molecule has 32 heavy (non-hydrogen) atoms. The number of carbonyl (C=O) groups excluding carboxylic acids is 1. The smallest absolute Gasteiger partial charge is 0.224 e. The highest BCUT2D eigenvalue weighted by Gasteiger charge is 2.23. The molecule has 168 valence electrons. The van der Waals surface area contributed by atoms with Crippen molar-refractivity contribution in [2.45, 2.75) is 57.4 Å². The van der Waals surface area contributed by atoms with E-state index in [1.165, 1.54) is 51.7 Å². The van der Waals surface area contributed by atoms with Gasteiger partial charge in [-0.05, 0) is 80.2 Å². The number of hydrogen-bond acceptors (Lipinski definition) is 2. The SMILES string of the molecule is O=C(Cc1c[nH]c2ccccc12)NC1CCC(CCN2CCc3ccccc3CC2)CC1. The average molecular weight is 430 g/mol. The second-order valence-electron chi connectivity index (χ2n) is 9.72. The van der Waals surface area contributed by atoms with E-state index in [0.717, 1.165) is 35.2 Å². The number of amides is 1. The van der Waals surface area contributed by atoms with Gasteiger partial charge in [-0.3, -0.25) is 4.79 Å². The molecule has 0 spiro atoms. The summed E-state index contributed by atoms with van der Waals surface area (Å²) in [6.45, 7) is 3.60. The van der Waals surface area contributed by atoms with Crippen LogP contribution in [0.4, 0.5) is 0 Å². The van der Waals surface area contributed by atoms with Crippen LogP contribution in [0.15, 0.2) is 54.7 Å². The second-order valence-corrected chi connectivity index (χ2v) is 9.72. The van der Waals surface area contributed by atoms with Gasteiger partial charge in [0.2, 0.25) is 5.91 Å². The van der Waals surface area contributed by atoms with Gasteiger partial charge >= 0.3 is 0 Å². The molecule has 3 aromatic rings. The molecule has 1 aromatic heterocycles. The van der Waals surface area contributed by atoms with E-state index in [1.807, 2.05) is 18.3 Å². The Kier molecular flexibility index (Phi) is 6.59. The molecule has 1 saturated carbocycles. The van der Waals surface area contributed by atoms with Gasteiger partial charge in [-0.2, -0.15) is 0 Å². The van der Waals surface area contributed by atoms with Gasteiger partial charge in [-0.1, -0.05) is 42.5 Å². The number of nitrogens with one attached hydrogen (secondary N) is 2. The molecule has 4 heteroatoms. The molecule has 2 N–H and O–H groups in total. The molecule has 2 aromatic carbocycles. The van der Waals surface area contributed by atoms with Crippen molar-refractivity contribution < 1.29 is 4.79 Å². The lowest BCUT2D eigenvalue weighted by molar-refractivity contribution is -0.121. The van der Waals surface area contributed by atoms with E-state index in [-0.39, 0.29) is 5.91 Å². The number of hydrogen-bond donors (Lipinski definition) is 2. The number of benzene rings is 2. The Balaban J connectivity index is 1.03. The molecule has 4 nitrogen and oxygen atoms in total. The second kappa shape index (κ2) is 9.91. The van der Waals surface area contributed by atoms with E-state index >= 15 is 0 Å². The molecule has 5 rings (SSSR count). The van der Waals surface area contributed by atoms with E-state index in [4.69, 9.17) is 0 Å². The molecule has 2 aliphatic rings. The summed E-state index contributed by atoms with van der Waals surface area (Å²) in [6, 6.07) is 17.5. The van der Waals surface area contributed by atoms with Crippen molar-refractivity contribution >= 4 is 16.8 Å². The monoisotopic (exact) mass is 429 g/mol. The van der Waals surface area contributed by atoms with Crippen LogP contribution in [0.5, 0.6) is 0 Å². The summed E-state index contributed by atoms with van der Waals surface area (Å²) < 4.78 is 0. The first-order valence-electron chi connectivity index (χ1n) is 12.4. The van der Waals surface area contributed by atoms with Crippen LogP contribution in [-0.4, -0.2) is 41.5 Å². The van der Waals surface area contributed by atoms with Crippen molar-refractivity contribution in [2.75, 3.05) is 19.6 Å². The van der Waals surface area contributed by atoms with Crippen LogP contribution in [0.2, 0.25) is 0 Å². The van der Waals surface area contributed by atoms with Crippen LogP contribution in [-0.2, 0) is 24.1 Å². The fourth-order valence-corrected chi connectivity index (χ4v) is 5.63. The van der Waals surface area contributed by atoms with Crippen molar-refractivity contribution in [1.82, 2.24) is 15.2 Å². The maximum absolute atomic E-state index is 12.6. The number of para-hydroxylation sites is 1. The zero-order valence-corrected chi connectivity index (χ0v) is 19.0. The Hall–Kier alpha value is -2.59. The molecule has 0 unspecified atom stereocenters. The normalized spacial score (nSPS) is 21.8. The number of H-pyrrole nitrogens is 1. The molecule has 1 fully saturated rings. The molecular formula is C28H35N3O. The highest BCUT2D eigenvalue weighted by molar-refractivity contribution is 5.88. The van der Waals surface area contributed by atoms with Gasteiger partial charge in [0.15, 0.2) is 0 Å². The Labute approximate surface area is 191 Å². The lowest BCUT2D eigenvalue weighted by atomic mass is 9.84. The Morgan fingerprint density at radius 1 is 0.938 bits per heavy atom. The van der Waals surface area contributed by atoms with Gasteiger partial charge in [0.05, 0.1) is 6.42 Å². The average Bonchev–Trinajstić information content (AvgIpc) is 3.10. The quantitative estimate of drug-likeness (QED) is 0.587. The zero-order valence-electron chi connectivity index (χ0n) is 19.0. The van der Waals surface area contributed by atoms with Crippen LogP contribution in [0, 0.1) is 5.92 Å². The summed E-state index contributed by atoms with van der Waals surface area (Å²) in [5.41, 5.74) is 5.27. The number of aromatic nitrogens is 1. The third-order valence-electron chi connectivity index (χ3n) is 7.60. The van der Waals surface area contributed by atoms with Crippen molar-refractivity contribution in [3.63, 3.8) is 0 Å². The third kappa shape index (κ3) is 5.07. The number of rotatable bonds is 6. The number of fused-ring (bicyclic) bond motifs is 2.